The molecule has 2 heterocycles. The molecule has 0 aromatic carbocycles. The zero-order valence-corrected chi connectivity index (χ0v) is 11.4. The van der Waals surface area contributed by atoms with Crippen molar-refractivity contribution in [2.24, 2.45) is 0 Å². The largest absolute Gasteiger partial charge is 0.428 e. The highest BCUT2D eigenvalue weighted by Gasteiger charge is 2.45. The molecule has 1 N–H and O–H groups in total. The number of hydrogen-bond acceptors (Lipinski definition) is 3. The third kappa shape index (κ3) is 2.72. The fourth-order valence-electron chi connectivity index (χ4n) is 1.36. The Labute approximate surface area is 117 Å². The van der Waals surface area contributed by atoms with Crippen LogP contribution in [0.15, 0.2) is 35.5 Å². The van der Waals surface area contributed by atoms with Crippen LogP contribution in [0.4, 0.5) is 8.78 Å². The van der Waals surface area contributed by atoms with Crippen LogP contribution < -0.4 is 0 Å². The van der Waals surface area contributed by atoms with Gasteiger partial charge < -0.3 is 4.98 Å². The van der Waals surface area contributed by atoms with Crippen LogP contribution in [-0.4, -0.2) is 23.1 Å². The molecule has 0 aliphatic rings. The number of hydrogen-bond donors (Lipinski definition) is 1. The van der Waals surface area contributed by atoms with Gasteiger partial charge in [0.15, 0.2) is 0 Å². The molecule has 0 spiro atoms. The summed E-state index contributed by atoms with van der Waals surface area (Å²) in [6.07, 6.45) is 1.38. The van der Waals surface area contributed by atoms with Crippen LogP contribution in [0.3, 0.4) is 0 Å². The lowest BCUT2D eigenvalue weighted by atomic mass is 10.2. The zero-order valence-electron chi connectivity index (χ0n) is 9.07. The Kier molecular flexibility index (Phi) is 3.55. The van der Waals surface area contributed by atoms with Gasteiger partial charge >= 0.3 is 4.71 Å². The Morgan fingerprint density at radius 2 is 1.89 bits per heavy atom. The van der Waals surface area contributed by atoms with Crippen LogP contribution >= 0.6 is 23.2 Å². The molecule has 0 amide bonds. The maximum atomic E-state index is 12.8. The van der Waals surface area contributed by atoms with Crippen LogP contribution in [0.2, 0.25) is 5.15 Å². The number of halogens is 4. The number of nitrogens with zero attached hydrogens (tertiary/aromatic N) is 1. The molecule has 0 radical (unpaired) electrons. The minimum absolute atomic E-state index is 0.260. The number of nitrogens with one attached hydrogen (secondary N) is 1. The summed E-state index contributed by atoms with van der Waals surface area (Å²) in [7, 11) is -4.94. The van der Waals surface area contributed by atoms with Crippen molar-refractivity contribution in [1.29, 1.82) is 0 Å². The molecule has 4 nitrogen and oxygen atoms in total. The SMILES string of the molecule is O=S(=O)(c1ccc(-c2ccc(Cl)nc2)[nH]1)C(F)(F)Cl. The van der Waals surface area contributed by atoms with Gasteiger partial charge in [-0.2, -0.15) is 8.78 Å². The average Bonchev–Trinajstić information content (AvgIpc) is 2.78. The summed E-state index contributed by atoms with van der Waals surface area (Å²) in [5.41, 5.74) is 0.812. The van der Waals surface area contributed by atoms with Crippen molar-refractivity contribution in [3.8, 4) is 11.3 Å². The Bertz CT molecular complexity index is 693. The Hall–Kier alpha value is -1.18. The van der Waals surface area contributed by atoms with E-state index in [1.807, 2.05) is 0 Å². The molecule has 0 fully saturated rings. The Balaban J connectivity index is 2.43. The summed E-state index contributed by atoms with van der Waals surface area (Å²) in [6, 6.07) is 5.40. The second kappa shape index (κ2) is 4.73. The van der Waals surface area contributed by atoms with Crippen LogP contribution in [0.5, 0.6) is 0 Å². The quantitative estimate of drug-likeness (QED) is 0.695. The van der Waals surface area contributed by atoms with Gasteiger partial charge in [0.05, 0.1) is 0 Å². The van der Waals surface area contributed by atoms with Crippen LogP contribution in [0.25, 0.3) is 11.3 Å². The van der Waals surface area contributed by atoms with E-state index in [0.29, 0.717) is 11.3 Å². The van der Waals surface area contributed by atoms with Gasteiger partial charge in [0.2, 0.25) is 0 Å². The van der Waals surface area contributed by atoms with Gasteiger partial charge in [-0.05, 0) is 35.9 Å². The maximum Gasteiger partial charge on any atom is 0.428 e. The summed E-state index contributed by atoms with van der Waals surface area (Å²) in [6.45, 7) is 0. The second-order valence-electron chi connectivity index (χ2n) is 3.56. The van der Waals surface area contributed by atoms with E-state index in [1.54, 1.807) is 6.07 Å². The van der Waals surface area contributed by atoms with Gasteiger partial charge in [-0.3, -0.25) is 0 Å². The van der Waals surface area contributed by atoms with E-state index in [2.05, 4.69) is 21.6 Å². The van der Waals surface area contributed by atoms with Crippen molar-refractivity contribution in [2.45, 2.75) is 9.74 Å². The van der Waals surface area contributed by atoms with E-state index < -0.39 is 19.6 Å². The minimum atomic E-state index is -4.94. The molecule has 0 unspecified atom stereocenters. The molecule has 2 aromatic heterocycles. The first-order valence-electron chi connectivity index (χ1n) is 4.84. The molecule has 9 heteroatoms. The van der Waals surface area contributed by atoms with Gasteiger partial charge in [-0.15, -0.1) is 0 Å². The monoisotopic (exact) mass is 326 g/mol. The molecule has 2 aromatic rings. The van der Waals surface area contributed by atoms with Gasteiger partial charge in [0.1, 0.15) is 10.2 Å². The fraction of sp³-hybridized carbons (Fsp3) is 0.100. The zero-order chi connectivity index (χ0) is 14.3. The molecule has 0 atom stereocenters. The van der Waals surface area contributed by atoms with E-state index >= 15 is 0 Å². The fourth-order valence-corrected chi connectivity index (χ4v) is 2.46. The van der Waals surface area contributed by atoms with Crippen molar-refractivity contribution in [2.75, 3.05) is 0 Å². The summed E-state index contributed by atoms with van der Waals surface area (Å²) in [5.74, 6) is 0. The van der Waals surface area contributed by atoms with E-state index in [-0.39, 0.29) is 5.15 Å². The number of aromatic amines is 1. The first-order valence-corrected chi connectivity index (χ1v) is 7.08. The second-order valence-corrected chi connectivity index (χ2v) is 6.60. The molecule has 2 rings (SSSR count). The summed E-state index contributed by atoms with van der Waals surface area (Å²) < 4.78 is 44.0. The molecule has 19 heavy (non-hydrogen) atoms. The van der Waals surface area contributed by atoms with Gasteiger partial charge in [0, 0.05) is 17.5 Å². The molecule has 0 saturated carbocycles. The maximum absolute atomic E-state index is 12.8. The highest BCUT2D eigenvalue weighted by atomic mass is 35.5. The van der Waals surface area contributed by atoms with Crippen molar-refractivity contribution in [3.05, 3.63) is 35.6 Å². The third-order valence-corrected chi connectivity index (χ3v) is 4.55. The van der Waals surface area contributed by atoms with Crippen molar-refractivity contribution in [1.82, 2.24) is 9.97 Å². The lowest BCUT2D eigenvalue weighted by Gasteiger charge is -2.07. The first kappa shape index (κ1) is 14.2. The lowest BCUT2D eigenvalue weighted by Crippen LogP contribution is -2.22. The molecule has 0 saturated heterocycles. The lowest BCUT2D eigenvalue weighted by molar-refractivity contribution is 0.186. The Morgan fingerprint density at radius 3 is 2.42 bits per heavy atom. The molecule has 0 bridgehead atoms. The number of rotatable bonds is 3. The predicted octanol–water partition coefficient (Wildman–Crippen LogP) is 3.29. The topological polar surface area (TPSA) is 62.8 Å². The highest BCUT2D eigenvalue weighted by Crippen LogP contribution is 2.33. The smallest absolute Gasteiger partial charge is 0.345 e. The van der Waals surface area contributed by atoms with Crippen molar-refractivity contribution < 1.29 is 17.2 Å². The number of alkyl halides is 3. The third-order valence-electron chi connectivity index (χ3n) is 2.29. The van der Waals surface area contributed by atoms with E-state index in [1.165, 1.54) is 18.3 Å². The highest BCUT2D eigenvalue weighted by molar-refractivity contribution is 7.93. The van der Waals surface area contributed by atoms with Crippen LogP contribution in [-0.2, 0) is 9.84 Å². The van der Waals surface area contributed by atoms with Gasteiger partial charge in [0.25, 0.3) is 9.84 Å². The standard InChI is InChI=1S/C10H6Cl2F2N2O2S/c11-8-3-1-6(5-15-8)7-2-4-9(16-7)19(17,18)10(12,13)14/h1-5,16H. The number of pyridine rings is 1. The molecular weight excluding hydrogens is 321 g/mol. The van der Waals surface area contributed by atoms with E-state index in [9.17, 15) is 17.2 Å². The van der Waals surface area contributed by atoms with Crippen LogP contribution in [0, 0.1) is 0 Å². The molecule has 0 aliphatic heterocycles. The average molecular weight is 327 g/mol. The summed E-state index contributed by atoms with van der Waals surface area (Å²) >= 11 is 10.2. The van der Waals surface area contributed by atoms with Crippen molar-refractivity contribution in [3.63, 3.8) is 0 Å². The van der Waals surface area contributed by atoms with Crippen LogP contribution in [0.1, 0.15) is 0 Å². The number of H-pyrrole nitrogens is 1. The molecule has 102 valence electrons. The normalized spacial score (nSPS) is 12.6. The van der Waals surface area contributed by atoms with Crippen molar-refractivity contribution >= 4 is 33.0 Å². The summed E-state index contributed by atoms with van der Waals surface area (Å²) in [5, 5.41) is -0.409. The van der Waals surface area contributed by atoms with Gasteiger partial charge in [-0.25, -0.2) is 13.4 Å². The first-order chi connectivity index (χ1) is 8.72. The van der Waals surface area contributed by atoms with E-state index in [0.717, 1.165) is 6.07 Å². The van der Waals surface area contributed by atoms with Gasteiger partial charge in [-0.1, -0.05) is 11.6 Å². The molecule has 0 aliphatic carbocycles. The predicted molar refractivity (Wildman–Crippen MR) is 67.0 cm³/mol. The van der Waals surface area contributed by atoms with E-state index in [4.69, 9.17) is 11.6 Å². The Morgan fingerprint density at radius 1 is 1.21 bits per heavy atom. The number of sulfone groups is 1. The minimum Gasteiger partial charge on any atom is -0.345 e. The summed E-state index contributed by atoms with van der Waals surface area (Å²) in [4.78, 5) is 6.16. The molecular formula is C10H6Cl2F2N2O2S. The number of aromatic nitrogens is 2.